The van der Waals surface area contributed by atoms with Gasteiger partial charge in [-0.1, -0.05) is 30.3 Å². The molecule has 33 heavy (non-hydrogen) atoms. The smallest absolute Gasteiger partial charge is 0.261 e. The van der Waals surface area contributed by atoms with E-state index in [-0.39, 0.29) is 18.0 Å². The van der Waals surface area contributed by atoms with Crippen molar-refractivity contribution in [1.29, 1.82) is 0 Å². The molecule has 0 aliphatic carbocycles. The summed E-state index contributed by atoms with van der Waals surface area (Å²) in [5.41, 5.74) is 2.59. The first-order valence-electron chi connectivity index (χ1n) is 11.0. The molecule has 4 aromatic rings. The number of carbonyl (C=O) groups is 2. The summed E-state index contributed by atoms with van der Waals surface area (Å²) in [6, 6.07) is 20.1. The number of pyridine rings is 1. The Morgan fingerprint density at radius 1 is 0.970 bits per heavy atom. The van der Waals surface area contributed by atoms with Gasteiger partial charge in [-0.2, -0.15) is 0 Å². The van der Waals surface area contributed by atoms with Gasteiger partial charge in [0.25, 0.3) is 11.5 Å². The van der Waals surface area contributed by atoms with Gasteiger partial charge in [0.15, 0.2) is 0 Å². The first kappa shape index (κ1) is 22.1. The number of carbonyl (C=O) groups excluding carboxylic acids is 2. The van der Waals surface area contributed by atoms with Gasteiger partial charge in [-0.05, 0) is 55.8 Å². The number of hydrogen-bond donors (Lipinski definition) is 2. The lowest BCUT2D eigenvalue weighted by atomic mass is 10.1. The van der Waals surface area contributed by atoms with E-state index in [1.165, 1.54) is 6.07 Å². The number of hydrogen-bond acceptors (Lipinski definition) is 3. The molecular formula is C26H26N4O3. The molecule has 2 aromatic heterocycles. The van der Waals surface area contributed by atoms with Crippen LogP contribution in [-0.2, 0) is 11.3 Å². The number of nitrogens with zero attached hydrogens (tertiary/aromatic N) is 2. The fraction of sp³-hybridized carbons (Fsp3) is 0.192. The van der Waals surface area contributed by atoms with Crippen molar-refractivity contribution in [2.24, 2.45) is 0 Å². The largest absolute Gasteiger partial charge is 0.342 e. The molecule has 2 heterocycles. The van der Waals surface area contributed by atoms with Gasteiger partial charge in [-0.3, -0.25) is 14.4 Å². The second-order valence-corrected chi connectivity index (χ2v) is 7.72. The van der Waals surface area contributed by atoms with E-state index in [1.807, 2.05) is 73.1 Å². The molecule has 0 aliphatic heterocycles. The minimum atomic E-state index is -0.480. The average molecular weight is 443 g/mol. The minimum absolute atomic E-state index is 0.0390. The Balaban J connectivity index is 1.51. The predicted molar refractivity (Wildman–Crippen MR) is 130 cm³/mol. The molecule has 2 amide bonds. The van der Waals surface area contributed by atoms with Crippen LogP contribution in [0.1, 0.15) is 24.2 Å². The van der Waals surface area contributed by atoms with Gasteiger partial charge in [-0.25, -0.2) is 0 Å². The summed E-state index contributed by atoms with van der Waals surface area (Å²) in [6.07, 6.45) is 1.87. The van der Waals surface area contributed by atoms with Crippen LogP contribution < -0.4 is 10.9 Å². The Hall–Kier alpha value is -4.13. The maximum absolute atomic E-state index is 12.7. The van der Waals surface area contributed by atoms with E-state index < -0.39 is 11.5 Å². The summed E-state index contributed by atoms with van der Waals surface area (Å²) in [5, 5.41) is 3.69. The molecule has 0 unspecified atom stereocenters. The topological polar surface area (TPSA) is 87.2 Å². The second kappa shape index (κ2) is 9.56. The zero-order chi connectivity index (χ0) is 23.4. The number of nitrogens with one attached hydrogen (secondary N) is 2. The molecule has 2 aromatic carbocycles. The van der Waals surface area contributed by atoms with Gasteiger partial charge in [0.1, 0.15) is 12.1 Å². The van der Waals surface area contributed by atoms with Gasteiger partial charge in [0.05, 0.1) is 0 Å². The van der Waals surface area contributed by atoms with E-state index in [9.17, 15) is 14.4 Å². The summed E-state index contributed by atoms with van der Waals surface area (Å²) in [4.78, 5) is 42.2. The van der Waals surface area contributed by atoms with Crippen molar-refractivity contribution >= 4 is 28.4 Å². The Labute approximate surface area is 191 Å². The number of H-pyrrole nitrogens is 1. The van der Waals surface area contributed by atoms with Crippen LogP contribution in [0.25, 0.3) is 22.2 Å². The zero-order valence-electron chi connectivity index (χ0n) is 18.7. The zero-order valence-corrected chi connectivity index (χ0v) is 18.7. The maximum Gasteiger partial charge on any atom is 0.261 e. The van der Waals surface area contributed by atoms with E-state index in [0.717, 1.165) is 16.5 Å². The number of anilines is 1. The molecule has 0 saturated heterocycles. The summed E-state index contributed by atoms with van der Waals surface area (Å²) in [6.45, 7) is 5.54. The van der Waals surface area contributed by atoms with Crippen LogP contribution in [0, 0.1) is 0 Å². The van der Waals surface area contributed by atoms with Crippen LogP contribution >= 0.6 is 0 Å². The van der Waals surface area contributed by atoms with E-state index in [2.05, 4.69) is 10.3 Å². The van der Waals surface area contributed by atoms with E-state index >= 15 is 0 Å². The van der Waals surface area contributed by atoms with Crippen LogP contribution in [0.4, 0.5) is 5.69 Å². The highest BCUT2D eigenvalue weighted by Gasteiger charge is 2.14. The molecule has 4 rings (SSSR count). The lowest BCUT2D eigenvalue weighted by molar-refractivity contribution is -0.131. The monoisotopic (exact) mass is 442 g/mol. The normalized spacial score (nSPS) is 10.8. The van der Waals surface area contributed by atoms with E-state index in [1.54, 1.807) is 17.0 Å². The first-order valence-corrected chi connectivity index (χ1v) is 11.0. The van der Waals surface area contributed by atoms with E-state index in [4.69, 9.17) is 0 Å². The van der Waals surface area contributed by atoms with Crippen molar-refractivity contribution in [3.63, 3.8) is 0 Å². The third kappa shape index (κ3) is 4.72. The molecule has 7 nitrogen and oxygen atoms in total. The van der Waals surface area contributed by atoms with Crippen LogP contribution in [0.15, 0.2) is 77.7 Å². The van der Waals surface area contributed by atoms with Crippen LogP contribution in [-0.4, -0.2) is 39.4 Å². The fourth-order valence-electron chi connectivity index (χ4n) is 3.87. The highest BCUT2D eigenvalue weighted by Crippen LogP contribution is 2.21. The third-order valence-electron chi connectivity index (χ3n) is 5.69. The summed E-state index contributed by atoms with van der Waals surface area (Å²) in [5.74, 6) is -0.417. The average Bonchev–Trinajstić information content (AvgIpc) is 3.22. The summed E-state index contributed by atoms with van der Waals surface area (Å²) >= 11 is 0. The van der Waals surface area contributed by atoms with Gasteiger partial charge in [-0.15, -0.1) is 0 Å². The number of likely N-dealkylation sites (N-methyl/N-ethyl adjacent to an activating group) is 1. The number of fused-ring (bicyclic) bond motifs is 1. The molecule has 0 spiro atoms. The number of aromatic amines is 1. The molecule has 0 fully saturated rings. The molecule has 7 heteroatoms. The van der Waals surface area contributed by atoms with Crippen molar-refractivity contribution < 1.29 is 9.59 Å². The highest BCUT2D eigenvalue weighted by atomic mass is 16.2. The van der Waals surface area contributed by atoms with Gasteiger partial charge in [0.2, 0.25) is 5.91 Å². The number of aromatic nitrogens is 2. The lowest BCUT2D eigenvalue weighted by Crippen LogP contribution is -2.33. The van der Waals surface area contributed by atoms with Gasteiger partial charge in [0, 0.05) is 41.6 Å². The SMILES string of the molecule is CCN(CC)C(=O)Cn1ccc2cc(NC(=O)c3ccc(-c4ccccc4)[nH]c3=O)ccc21. The lowest BCUT2D eigenvalue weighted by Gasteiger charge is -2.19. The fourth-order valence-corrected chi connectivity index (χ4v) is 3.87. The molecule has 2 N–H and O–H groups in total. The van der Waals surface area contributed by atoms with Crippen molar-refractivity contribution in [2.75, 3.05) is 18.4 Å². The Kier molecular flexibility index (Phi) is 6.40. The first-order chi connectivity index (χ1) is 16.0. The maximum atomic E-state index is 12.7. The van der Waals surface area contributed by atoms with Crippen LogP contribution in [0.2, 0.25) is 0 Å². The Bertz CT molecular complexity index is 1350. The van der Waals surface area contributed by atoms with Gasteiger partial charge >= 0.3 is 0 Å². The molecule has 0 saturated carbocycles. The quantitative estimate of drug-likeness (QED) is 0.451. The number of amides is 2. The summed E-state index contributed by atoms with van der Waals surface area (Å²) < 4.78 is 1.90. The molecule has 0 aliphatic rings. The highest BCUT2D eigenvalue weighted by molar-refractivity contribution is 6.05. The number of rotatable bonds is 7. The van der Waals surface area contributed by atoms with Crippen LogP contribution in [0.5, 0.6) is 0 Å². The number of benzene rings is 2. The second-order valence-electron chi connectivity index (χ2n) is 7.72. The molecule has 0 radical (unpaired) electrons. The van der Waals surface area contributed by atoms with Crippen molar-refractivity contribution in [3.8, 4) is 11.3 Å². The van der Waals surface area contributed by atoms with Gasteiger partial charge < -0.3 is 19.8 Å². The molecule has 168 valence electrons. The Morgan fingerprint density at radius 2 is 1.73 bits per heavy atom. The van der Waals surface area contributed by atoms with Crippen LogP contribution in [0.3, 0.4) is 0 Å². The molecule has 0 bridgehead atoms. The van der Waals surface area contributed by atoms with Crippen molar-refractivity contribution in [3.05, 3.63) is 88.8 Å². The molecule has 0 atom stereocenters. The standard InChI is InChI=1S/C26H26N4O3/c1-3-29(4-2)24(31)17-30-15-14-19-16-20(10-13-23(19)30)27-25(32)21-11-12-22(28-26(21)33)18-8-6-5-7-9-18/h5-16H,3-4,17H2,1-2H3,(H,27,32)(H,28,33). The Morgan fingerprint density at radius 3 is 2.42 bits per heavy atom. The van der Waals surface area contributed by atoms with Crippen molar-refractivity contribution in [2.45, 2.75) is 20.4 Å². The predicted octanol–water partition coefficient (Wildman–Crippen LogP) is 4.12. The minimum Gasteiger partial charge on any atom is -0.342 e. The van der Waals surface area contributed by atoms with E-state index in [0.29, 0.717) is 24.5 Å². The molecular weight excluding hydrogens is 416 g/mol. The summed E-state index contributed by atoms with van der Waals surface area (Å²) in [7, 11) is 0. The van der Waals surface area contributed by atoms with Crippen molar-refractivity contribution in [1.82, 2.24) is 14.5 Å². The third-order valence-corrected chi connectivity index (χ3v) is 5.69.